The van der Waals surface area contributed by atoms with Crippen molar-refractivity contribution in [1.29, 1.82) is 0 Å². The van der Waals surface area contributed by atoms with E-state index in [0.717, 1.165) is 4.57 Å². The summed E-state index contributed by atoms with van der Waals surface area (Å²) < 4.78 is 4.28. The molecule has 3 aromatic rings. The van der Waals surface area contributed by atoms with Crippen molar-refractivity contribution in [3.05, 3.63) is 61.4 Å². The van der Waals surface area contributed by atoms with Crippen LogP contribution < -0.4 is 11.2 Å². The summed E-state index contributed by atoms with van der Waals surface area (Å²) in [4.78, 5) is 35.5. The van der Waals surface area contributed by atoms with E-state index in [-0.39, 0.29) is 5.69 Å². The number of alkyl halides is 1. The van der Waals surface area contributed by atoms with Crippen molar-refractivity contribution >= 4 is 32.5 Å². The van der Waals surface area contributed by atoms with Crippen LogP contribution in [-0.4, -0.2) is 24.0 Å². The van der Waals surface area contributed by atoms with E-state index >= 15 is 0 Å². The molecular weight excluding hydrogens is 392 g/mol. The molecule has 2 aromatic heterocycles. The quantitative estimate of drug-likeness (QED) is 0.376. The number of aromatic nitrogens is 3. The van der Waals surface area contributed by atoms with Gasteiger partial charge in [-0.1, -0.05) is 28.1 Å². The molecule has 0 atom stereocenters. The number of benzene rings is 1. The maximum Gasteiger partial charge on any atom is 0.330 e. The average Bonchev–Trinajstić information content (AvgIpc) is 2.98. The Kier molecular flexibility index (Phi) is 4.34. The van der Waals surface area contributed by atoms with Crippen molar-refractivity contribution in [3.63, 3.8) is 0 Å². The van der Waals surface area contributed by atoms with E-state index in [9.17, 15) is 19.7 Å². The molecule has 130 valence electrons. The van der Waals surface area contributed by atoms with Gasteiger partial charge in [-0.2, -0.15) is 0 Å². The summed E-state index contributed by atoms with van der Waals surface area (Å²) in [5.74, 6) is 0. The first-order valence-electron chi connectivity index (χ1n) is 7.46. The molecule has 0 spiro atoms. The fourth-order valence-electron chi connectivity index (χ4n) is 2.93. The number of nitrogens with zero attached hydrogens (tertiary/aromatic N) is 4. The zero-order valence-corrected chi connectivity index (χ0v) is 15.2. The van der Waals surface area contributed by atoms with Crippen molar-refractivity contribution in [1.82, 2.24) is 13.7 Å². The van der Waals surface area contributed by atoms with Crippen molar-refractivity contribution in [3.8, 4) is 11.3 Å². The monoisotopic (exact) mass is 406 g/mol. The van der Waals surface area contributed by atoms with Gasteiger partial charge in [-0.15, -0.1) is 0 Å². The molecule has 8 nitrogen and oxygen atoms in total. The number of non-ortho nitro benzene ring substituents is 1. The number of aryl methyl sites for hydroxylation is 2. The minimum absolute atomic E-state index is 0.0566. The van der Waals surface area contributed by atoms with E-state index in [1.807, 2.05) is 4.57 Å². The van der Waals surface area contributed by atoms with E-state index < -0.39 is 16.2 Å². The van der Waals surface area contributed by atoms with E-state index in [0.29, 0.717) is 34.0 Å². The fourth-order valence-corrected chi connectivity index (χ4v) is 3.32. The highest BCUT2D eigenvalue weighted by Crippen LogP contribution is 2.30. The summed E-state index contributed by atoms with van der Waals surface area (Å²) in [6, 6.07) is 6.13. The van der Waals surface area contributed by atoms with E-state index in [2.05, 4.69) is 15.9 Å². The van der Waals surface area contributed by atoms with Crippen LogP contribution >= 0.6 is 15.9 Å². The van der Waals surface area contributed by atoms with Gasteiger partial charge in [0.25, 0.3) is 11.2 Å². The lowest BCUT2D eigenvalue weighted by Gasteiger charge is -2.08. The molecule has 25 heavy (non-hydrogen) atoms. The number of halogens is 1. The van der Waals surface area contributed by atoms with Crippen LogP contribution in [0.15, 0.2) is 40.1 Å². The number of rotatable bonds is 4. The normalized spacial score (nSPS) is 11.2. The molecule has 0 amide bonds. The Hall–Kier alpha value is -2.68. The molecular formula is C16H15BrN4O4. The first-order valence-corrected chi connectivity index (χ1v) is 8.58. The molecule has 0 N–H and O–H groups in total. The summed E-state index contributed by atoms with van der Waals surface area (Å²) >= 11 is 3.37. The Labute approximate surface area is 150 Å². The van der Waals surface area contributed by atoms with Crippen LogP contribution in [0.2, 0.25) is 0 Å². The Morgan fingerprint density at radius 2 is 1.92 bits per heavy atom. The molecule has 0 aliphatic carbocycles. The van der Waals surface area contributed by atoms with Crippen LogP contribution in [0.1, 0.15) is 0 Å². The van der Waals surface area contributed by atoms with Gasteiger partial charge in [0.2, 0.25) is 0 Å². The molecule has 9 heteroatoms. The molecule has 0 fully saturated rings. The highest BCUT2D eigenvalue weighted by atomic mass is 79.9. The fraction of sp³-hybridized carbons (Fsp3) is 0.250. The highest BCUT2D eigenvalue weighted by molar-refractivity contribution is 9.09. The second kappa shape index (κ2) is 6.32. The third kappa shape index (κ3) is 2.70. The Morgan fingerprint density at radius 3 is 2.56 bits per heavy atom. The molecule has 0 saturated heterocycles. The molecule has 0 aliphatic rings. The lowest BCUT2D eigenvalue weighted by atomic mass is 10.1. The second-order valence-electron chi connectivity index (χ2n) is 5.63. The minimum Gasteiger partial charge on any atom is -0.344 e. The second-order valence-corrected chi connectivity index (χ2v) is 6.43. The van der Waals surface area contributed by atoms with Gasteiger partial charge >= 0.3 is 5.69 Å². The predicted molar refractivity (Wildman–Crippen MR) is 98.3 cm³/mol. The average molecular weight is 407 g/mol. The van der Waals surface area contributed by atoms with Gasteiger partial charge in [-0.25, -0.2) is 4.79 Å². The standard InChI is InChI=1S/C16H15BrN4O4/c1-18-12-9-20(7-6-17)14(13(12)15(22)19(2)16(18)23)10-4-3-5-11(8-10)21(24)25/h3-5,8-9H,6-7H2,1-2H3. The van der Waals surface area contributed by atoms with Crippen LogP contribution in [0.25, 0.3) is 22.2 Å². The van der Waals surface area contributed by atoms with Gasteiger partial charge in [0.1, 0.15) is 0 Å². The first-order chi connectivity index (χ1) is 11.9. The molecule has 3 rings (SSSR count). The molecule has 0 aliphatic heterocycles. The van der Waals surface area contributed by atoms with Gasteiger partial charge in [-0.3, -0.25) is 24.0 Å². The molecule has 0 bridgehead atoms. The van der Waals surface area contributed by atoms with Crippen molar-refractivity contribution < 1.29 is 4.92 Å². The predicted octanol–water partition coefficient (Wildman–Crippen LogP) is 2.01. The maximum atomic E-state index is 12.7. The summed E-state index contributed by atoms with van der Waals surface area (Å²) in [7, 11) is 3.02. The number of nitro benzene ring substituents is 1. The Balaban J connectivity index is 2.47. The molecule has 1 aromatic carbocycles. The highest BCUT2D eigenvalue weighted by Gasteiger charge is 2.20. The zero-order chi connectivity index (χ0) is 18.3. The summed E-state index contributed by atoms with van der Waals surface area (Å²) in [5.41, 5.74) is 0.719. The smallest absolute Gasteiger partial charge is 0.330 e. The van der Waals surface area contributed by atoms with Gasteiger partial charge in [0, 0.05) is 49.9 Å². The third-order valence-corrected chi connectivity index (χ3v) is 4.52. The van der Waals surface area contributed by atoms with Crippen molar-refractivity contribution in [2.24, 2.45) is 14.1 Å². The van der Waals surface area contributed by atoms with Crippen LogP contribution in [-0.2, 0) is 20.6 Å². The summed E-state index contributed by atoms with van der Waals surface area (Å²) in [5, 5.41) is 12.1. The molecule has 2 heterocycles. The van der Waals surface area contributed by atoms with Gasteiger partial charge in [0.15, 0.2) is 0 Å². The van der Waals surface area contributed by atoms with Crippen LogP contribution in [0.3, 0.4) is 0 Å². The number of hydrogen-bond acceptors (Lipinski definition) is 4. The Morgan fingerprint density at radius 1 is 1.20 bits per heavy atom. The van der Waals surface area contributed by atoms with Gasteiger partial charge in [0.05, 0.1) is 21.5 Å². The number of fused-ring (bicyclic) bond motifs is 1. The van der Waals surface area contributed by atoms with E-state index in [1.165, 1.54) is 23.7 Å². The third-order valence-electron chi connectivity index (χ3n) is 4.17. The molecule has 0 saturated carbocycles. The van der Waals surface area contributed by atoms with Gasteiger partial charge < -0.3 is 4.57 Å². The topological polar surface area (TPSA) is 92.1 Å². The zero-order valence-electron chi connectivity index (χ0n) is 13.6. The minimum atomic E-state index is -0.475. The number of nitro groups is 1. The lowest BCUT2D eigenvalue weighted by molar-refractivity contribution is -0.384. The van der Waals surface area contributed by atoms with E-state index in [4.69, 9.17) is 0 Å². The van der Waals surface area contributed by atoms with Crippen molar-refractivity contribution in [2.45, 2.75) is 6.54 Å². The van der Waals surface area contributed by atoms with Crippen LogP contribution in [0.5, 0.6) is 0 Å². The first kappa shape index (κ1) is 17.2. The van der Waals surface area contributed by atoms with E-state index in [1.54, 1.807) is 25.4 Å². The number of hydrogen-bond donors (Lipinski definition) is 0. The van der Waals surface area contributed by atoms with Crippen molar-refractivity contribution in [2.75, 3.05) is 5.33 Å². The summed E-state index contributed by atoms with van der Waals surface area (Å²) in [6.07, 6.45) is 1.73. The SMILES string of the molecule is Cn1c(=O)c2c(-c3cccc([N+](=O)[O-])c3)n(CCBr)cc2n(C)c1=O. The molecule has 0 unspecified atom stereocenters. The van der Waals surface area contributed by atoms with Gasteiger partial charge in [-0.05, 0) is 0 Å². The largest absolute Gasteiger partial charge is 0.344 e. The Bertz CT molecular complexity index is 1110. The summed E-state index contributed by atoms with van der Waals surface area (Å²) in [6.45, 7) is 0.546. The lowest BCUT2D eigenvalue weighted by Crippen LogP contribution is -2.36. The molecule has 0 radical (unpaired) electrons. The maximum absolute atomic E-state index is 12.7. The van der Waals surface area contributed by atoms with Crippen LogP contribution in [0.4, 0.5) is 5.69 Å². The van der Waals surface area contributed by atoms with Crippen LogP contribution in [0, 0.1) is 10.1 Å².